The topological polar surface area (TPSA) is 177 Å². The highest BCUT2D eigenvalue weighted by Crippen LogP contribution is 2.37. The fourth-order valence-electron chi connectivity index (χ4n) is 5.01. The van der Waals surface area contributed by atoms with Gasteiger partial charge in [-0.3, -0.25) is 38.2 Å². The van der Waals surface area contributed by atoms with E-state index in [9.17, 15) is 33.6 Å². The molecule has 2 fully saturated rings. The van der Waals surface area contributed by atoms with Crippen molar-refractivity contribution >= 4 is 35.4 Å². The van der Waals surface area contributed by atoms with E-state index in [1.54, 1.807) is 30.3 Å². The molecular weight excluding hydrogens is 512 g/mol. The van der Waals surface area contributed by atoms with Gasteiger partial charge in [0.15, 0.2) is 6.61 Å². The van der Waals surface area contributed by atoms with Gasteiger partial charge < -0.3 is 15.2 Å². The standard InChI is InChI=1S/C26H28N4O9/c1-38-19(32)12-30-25(36)21(22(27)28(26(30)37)11-15-7-3-2-4-8-15)18(31)14-39-20(33)13-29-23(34)16-9-5-6-10-17(16)24(29)35/h2-4,7-8,16-17H,5-6,9-14,27H2,1H3/t16-,17-/m1/s1. The van der Waals surface area contributed by atoms with Crippen molar-refractivity contribution < 1.29 is 33.4 Å². The van der Waals surface area contributed by atoms with Gasteiger partial charge in [-0.1, -0.05) is 43.2 Å². The lowest BCUT2D eigenvalue weighted by atomic mass is 9.81. The third-order valence-electron chi connectivity index (χ3n) is 7.03. The zero-order valence-corrected chi connectivity index (χ0v) is 21.3. The number of ether oxygens (including phenoxy) is 2. The molecule has 1 aromatic heterocycles. The van der Waals surface area contributed by atoms with Crippen LogP contribution in [0.4, 0.5) is 5.82 Å². The Labute approximate surface area is 222 Å². The number of benzene rings is 1. The summed E-state index contributed by atoms with van der Waals surface area (Å²) in [4.78, 5) is 89.5. The lowest BCUT2D eigenvalue weighted by molar-refractivity contribution is -0.152. The van der Waals surface area contributed by atoms with Crippen molar-refractivity contribution in [3.63, 3.8) is 0 Å². The highest BCUT2D eigenvalue weighted by molar-refractivity contribution is 6.07. The summed E-state index contributed by atoms with van der Waals surface area (Å²) >= 11 is 0. The Morgan fingerprint density at radius 1 is 0.897 bits per heavy atom. The molecule has 1 aromatic carbocycles. The molecule has 2 aliphatic rings. The van der Waals surface area contributed by atoms with Crippen LogP contribution in [0, 0.1) is 11.8 Å². The number of nitrogens with zero attached hydrogens (tertiary/aromatic N) is 3. The molecule has 0 unspecified atom stereocenters. The molecule has 39 heavy (non-hydrogen) atoms. The molecule has 1 saturated heterocycles. The summed E-state index contributed by atoms with van der Waals surface area (Å²) in [6, 6.07) is 8.59. The average Bonchev–Trinajstić information content (AvgIpc) is 3.17. The number of rotatable bonds is 9. The number of hydrogen-bond acceptors (Lipinski definition) is 10. The molecule has 2 aromatic rings. The van der Waals surface area contributed by atoms with Gasteiger partial charge in [0.25, 0.3) is 5.56 Å². The molecule has 0 bridgehead atoms. The summed E-state index contributed by atoms with van der Waals surface area (Å²) in [5, 5.41) is 0. The Bertz CT molecular complexity index is 1420. The van der Waals surface area contributed by atoms with Gasteiger partial charge in [-0.15, -0.1) is 0 Å². The number of imide groups is 1. The first kappa shape index (κ1) is 27.5. The smallest absolute Gasteiger partial charge is 0.333 e. The lowest BCUT2D eigenvalue weighted by Gasteiger charge is -2.19. The molecule has 2 N–H and O–H groups in total. The highest BCUT2D eigenvalue weighted by atomic mass is 16.5. The van der Waals surface area contributed by atoms with Crippen LogP contribution in [-0.2, 0) is 41.7 Å². The SMILES string of the molecule is COC(=O)Cn1c(=O)c(C(=O)COC(=O)CN2C(=O)[C@@H]3CCCC[C@H]3C2=O)c(N)n(Cc2ccccc2)c1=O. The monoisotopic (exact) mass is 540 g/mol. The average molecular weight is 541 g/mol. The number of anilines is 1. The van der Waals surface area contributed by atoms with Gasteiger partial charge in [0.1, 0.15) is 24.5 Å². The van der Waals surface area contributed by atoms with Crippen LogP contribution in [0.25, 0.3) is 0 Å². The number of ketones is 1. The number of carbonyl (C=O) groups excluding carboxylic acids is 5. The molecule has 0 radical (unpaired) electrons. The number of Topliss-reactive ketones (excluding diaryl/α,β-unsaturated/α-hetero) is 1. The molecule has 0 spiro atoms. The summed E-state index contributed by atoms with van der Waals surface area (Å²) in [6.07, 6.45) is 2.81. The number of carbonyl (C=O) groups is 5. The van der Waals surface area contributed by atoms with Crippen molar-refractivity contribution in [3.05, 3.63) is 62.3 Å². The summed E-state index contributed by atoms with van der Waals surface area (Å²) < 4.78 is 11.0. The highest BCUT2D eigenvalue weighted by Gasteiger charge is 2.48. The molecule has 4 rings (SSSR count). The quantitative estimate of drug-likeness (QED) is 0.253. The predicted octanol–water partition coefficient (Wildman–Crippen LogP) is -0.285. The zero-order valence-electron chi connectivity index (χ0n) is 21.3. The molecule has 1 aliphatic heterocycles. The first-order valence-corrected chi connectivity index (χ1v) is 12.4. The Morgan fingerprint density at radius 3 is 2.10 bits per heavy atom. The Balaban J connectivity index is 1.55. The second-order valence-electron chi connectivity index (χ2n) is 9.43. The maximum absolute atomic E-state index is 13.1. The van der Waals surface area contributed by atoms with Crippen molar-refractivity contribution in [1.29, 1.82) is 0 Å². The Morgan fingerprint density at radius 2 is 1.51 bits per heavy atom. The number of hydrogen-bond donors (Lipinski definition) is 1. The summed E-state index contributed by atoms with van der Waals surface area (Å²) in [5.74, 6) is -5.18. The lowest BCUT2D eigenvalue weighted by Crippen LogP contribution is -2.46. The molecular formula is C26H28N4O9. The molecule has 2 heterocycles. The summed E-state index contributed by atoms with van der Waals surface area (Å²) in [6.45, 7) is -2.49. The van der Waals surface area contributed by atoms with Gasteiger partial charge in [-0.2, -0.15) is 0 Å². The number of esters is 2. The van der Waals surface area contributed by atoms with Crippen molar-refractivity contribution in [2.75, 3.05) is 26.0 Å². The number of nitrogens with two attached hydrogens (primary N) is 1. The van der Waals surface area contributed by atoms with Crippen LogP contribution in [0.5, 0.6) is 0 Å². The van der Waals surface area contributed by atoms with Gasteiger partial charge in [0, 0.05) is 0 Å². The minimum atomic E-state index is -1.15. The van der Waals surface area contributed by atoms with Gasteiger partial charge in [0.05, 0.1) is 25.5 Å². The maximum atomic E-state index is 13.1. The van der Waals surface area contributed by atoms with E-state index in [1.165, 1.54) is 0 Å². The van der Waals surface area contributed by atoms with Crippen molar-refractivity contribution in [2.45, 2.75) is 38.8 Å². The van der Waals surface area contributed by atoms with Crippen LogP contribution in [0.2, 0.25) is 0 Å². The van der Waals surface area contributed by atoms with Crippen LogP contribution >= 0.6 is 0 Å². The van der Waals surface area contributed by atoms with Gasteiger partial charge in [-0.25, -0.2) is 9.36 Å². The maximum Gasteiger partial charge on any atom is 0.333 e. The van der Waals surface area contributed by atoms with Gasteiger partial charge >= 0.3 is 17.6 Å². The van der Waals surface area contributed by atoms with E-state index in [2.05, 4.69) is 4.74 Å². The Kier molecular flexibility index (Phi) is 8.07. The third kappa shape index (κ3) is 5.52. The summed E-state index contributed by atoms with van der Waals surface area (Å²) in [7, 11) is 1.07. The number of nitrogen functional groups attached to an aromatic ring is 1. The molecule has 2 atom stereocenters. The zero-order chi connectivity index (χ0) is 28.3. The molecule has 13 heteroatoms. The predicted molar refractivity (Wildman–Crippen MR) is 134 cm³/mol. The van der Waals surface area contributed by atoms with Crippen LogP contribution in [-0.4, -0.2) is 63.8 Å². The molecule has 206 valence electrons. The number of methoxy groups -OCH3 is 1. The van der Waals surface area contributed by atoms with E-state index < -0.39 is 83.7 Å². The first-order valence-electron chi connectivity index (χ1n) is 12.4. The van der Waals surface area contributed by atoms with Crippen LogP contribution < -0.4 is 17.0 Å². The van der Waals surface area contributed by atoms with E-state index in [1.807, 2.05) is 0 Å². The minimum absolute atomic E-state index is 0.117. The minimum Gasteiger partial charge on any atom is -0.468 e. The molecule has 13 nitrogen and oxygen atoms in total. The fraction of sp³-hybridized carbons (Fsp3) is 0.423. The number of fused-ring (bicyclic) bond motifs is 1. The van der Waals surface area contributed by atoms with E-state index in [0.29, 0.717) is 23.0 Å². The number of aromatic nitrogens is 2. The van der Waals surface area contributed by atoms with Gasteiger partial charge in [0.2, 0.25) is 17.6 Å². The second-order valence-corrected chi connectivity index (χ2v) is 9.43. The van der Waals surface area contributed by atoms with Crippen LogP contribution in [0.1, 0.15) is 41.6 Å². The first-order chi connectivity index (χ1) is 18.6. The van der Waals surface area contributed by atoms with Crippen molar-refractivity contribution in [2.24, 2.45) is 11.8 Å². The number of amides is 2. The second kappa shape index (κ2) is 11.5. The van der Waals surface area contributed by atoms with Crippen molar-refractivity contribution in [1.82, 2.24) is 14.0 Å². The number of likely N-dealkylation sites (tertiary alicyclic amines) is 1. The molecule has 2 amide bonds. The molecule has 1 aliphatic carbocycles. The van der Waals surface area contributed by atoms with E-state index >= 15 is 0 Å². The molecule has 1 saturated carbocycles. The van der Waals surface area contributed by atoms with Crippen molar-refractivity contribution in [3.8, 4) is 0 Å². The summed E-state index contributed by atoms with van der Waals surface area (Å²) in [5.41, 5.74) is 3.97. The fourth-order valence-corrected chi connectivity index (χ4v) is 5.01. The largest absolute Gasteiger partial charge is 0.468 e. The van der Waals surface area contributed by atoms with E-state index in [4.69, 9.17) is 10.5 Å². The van der Waals surface area contributed by atoms with Gasteiger partial charge in [-0.05, 0) is 18.4 Å². The Hall–Kier alpha value is -4.55. The normalized spacial score (nSPS) is 18.5. The third-order valence-corrected chi connectivity index (χ3v) is 7.03. The van der Waals surface area contributed by atoms with E-state index in [0.717, 1.165) is 29.4 Å². The van der Waals surface area contributed by atoms with Crippen LogP contribution in [0.3, 0.4) is 0 Å². The van der Waals surface area contributed by atoms with E-state index in [-0.39, 0.29) is 6.54 Å². The van der Waals surface area contributed by atoms with Crippen LogP contribution in [0.15, 0.2) is 39.9 Å².